The number of carbonyl (C=O) groups excluding carboxylic acids is 1. The largest absolute Gasteiger partial charge is 0.495 e. The lowest BCUT2D eigenvalue weighted by Crippen LogP contribution is -2.31. The summed E-state index contributed by atoms with van der Waals surface area (Å²) in [5.74, 6) is 0.350. The Balaban J connectivity index is 1.68. The van der Waals surface area contributed by atoms with Gasteiger partial charge in [0.15, 0.2) is 5.16 Å². The molecule has 1 atom stereocenters. The Morgan fingerprint density at radius 2 is 1.79 bits per heavy atom. The molecule has 0 bridgehead atoms. The second kappa shape index (κ2) is 10.1. The average molecular weight is 480 g/mol. The Morgan fingerprint density at radius 1 is 1.09 bits per heavy atom. The van der Waals surface area contributed by atoms with Crippen LogP contribution in [0.4, 0.5) is 0 Å². The van der Waals surface area contributed by atoms with Gasteiger partial charge in [0, 0.05) is 11.6 Å². The fourth-order valence-electron chi connectivity index (χ4n) is 3.40. The van der Waals surface area contributed by atoms with E-state index in [0.717, 1.165) is 5.56 Å². The van der Waals surface area contributed by atoms with Gasteiger partial charge in [0.2, 0.25) is 5.91 Å². The Bertz CT molecular complexity index is 1370. The predicted octanol–water partition coefficient (Wildman–Crippen LogP) is 4.84. The molecule has 0 fully saturated rings. The second-order valence-corrected chi connectivity index (χ2v) is 9.01. The van der Waals surface area contributed by atoms with E-state index in [0.29, 0.717) is 39.1 Å². The van der Waals surface area contributed by atoms with Crippen LogP contribution in [-0.4, -0.2) is 27.8 Å². The third kappa shape index (κ3) is 4.89. The smallest absolute Gasteiger partial charge is 0.266 e. The fourth-order valence-corrected chi connectivity index (χ4v) is 4.54. The molecule has 1 heterocycles. The number of aromatic nitrogens is 2. The number of hydrogen-bond acceptors (Lipinski definition) is 5. The molecular formula is C25H22ClN3O3S. The number of benzene rings is 3. The molecule has 1 amide bonds. The van der Waals surface area contributed by atoms with Crippen molar-refractivity contribution >= 4 is 40.2 Å². The van der Waals surface area contributed by atoms with E-state index in [1.807, 2.05) is 36.4 Å². The van der Waals surface area contributed by atoms with Crippen molar-refractivity contribution in [2.75, 3.05) is 7.11 Å². The molecule has 8 heteroatoms. The fraction of sp³-hybridized carbons (Fsp3) is 0.160. The summed E-state index contributed by atoms with van der Waals surface area (Å²) in [6, 6.07) is 21.8. The number of hydrogen-bond donors (Lipinski definition) is 1. The third-order valence-corrected chi connectivity index (χ3v) is 6.55. The molecule has 0 aliphatic carbocycles. The van der Waals surface area contributed by atoms with Crippen molar-refractivity contribution in [1.29, 1.82) is 0 Å². The zero-order valence-corrected chi connectivity index (χ0v) is 19.7. The van der Waals surface area contributed by atoms with Crippen molar-refractivity contribution in [3.63, 3.8) is 0 Å². The number of carbonyl (C=O) groups is 1. The van der Waals surface area contributed by atoms with E-state index in [2.05, 4.69) is 5.32 Å². The monoisotopic (exact) mass is 479 g/mol. The number of para-hydroxylation sites is 3. The summed E-state index contributed by atoms with van der Waals surface area (Å²) in [7, 11) is 1.55. The zero-order chi connectivity index (χ0) is 23.4. The van der Waals surface area contributed by atoms with Crippen LogP contribution >= 0.6 is 23.4 Å². The molecule has 0 aliphatic rings. The highest BCUT2D eigenvalue weighted by Crippen LogP contribution is 2.29. The topological polar surface area (TPSA) is 73.2 Å². The van der Waals surface area contributed by atoms with E-state index in [9.17, 15) is 9.59 Å². The minimum Gasteiger partial charge on any atom is -0.495 e. The number of halogens is 1. The summed E-state index contributed by atoms with van der Waals surface area (Å²) in [4.78, 5) is 31.0. The molecule has 1 aromatic heterocycles. The Kier molecular flexibility index (Phi) is 7.01. The molecule has 0 saturated heterocycles. The molecule has 0 radical (unpaired) electrons. The number of rotatable bonds is 7. The molecule has 0 spiro atoms. The molecule has 0 aliphatic heterocycles. The van der Waals surface area contributed by atoms with Gasteiger partial charge in [-0.05, 0) is 42.8 Å². The maximum absolute atomic E-state index is 13.5. The molecular weight excluding hydrogens is 458 g/mol. The quantitative estimate of drug-likeness (QED) is 0.303. The highest BCUT2D eigenvalue weighted by atomic mass is 35.5. The van der Waals surface area contributed by atoms with E-state index in [1.54, 1.807) is 50.4 Å². The summed E-state index contributed by atoms with van der Waals surface area (Å²) in [6.45, 7) is 2.09. The summed E-state index contributed by atoms with van der Waals surface area (Å²) in [5.41, 5.74) is 1.74. The minimum atomic E-state index is -0.512. The van der Waals surface area contributed by atoms with E-state index in [1.165, 1.54) is 16.3 Å². The Hall–Kier alpha value is -3.29. The maximum atomic E-state index is 13.5. The minimum absolute atomic E-state index is 0.186. The van der Waals surface area contributed by atoms with E-state index < -0.39 is 5.25 Å². The molecule has 3 aromatic carbocycles. The van der Waals surface area contributed by atoms with Gasteiger partial charge in [0.05, 0.1) is 29.0 Å². The number of ether oxygens (including phenoxy) is 1. The van der Waals surface area contributed by atoms with Crippen molar-refractivity contribution < 1.29 is 9.53 Å². The Labute approximate surface area is 200 Å². The van der Waals surface area contributed by atoms with Crippen molar-refractivity contribution in [2.45, 2.75) is 23.9 Å². The van der Waals surface area contributed by atoms with Crippen molar-refractivity contribution in [3.05, 3.63) is 93.7 Å². The van der Waals surface area contributed by atoms with Crippen LogP contribution in [0.2, 0.25) is 5.02 Å². The average Bonchev–Trinajstić information content (AvgIpc) is 2.83. The molecule has 168 valence electrons. The van der Waals surface area contributed by atoms with Gasteiger partial charge in [0.1, 0.15) is 5.75 Å². The van der Waals surface area contributed by atoms with Gasteiger partial charge in [-0.1, -0.05) is 65.8 Å². The Morgan fingerprint density at radius 3 is 2.58 bits per heavy atom. The number of amides is 1. The number of fused-ring (bicyclic) bond motifs is 1. The molecule has 4 aromatic rings. The maximum Gasteiger partial charge on any atom is 0.266 e. The van der Waals surface area contributed by atoms with Crippen LogP contribution in [0.25, 0.3) is 16.6 Å². The highest BCUT2D eigenvalue weighted by molar-refractivity contribution is 8.00. The molecule has 0 saturated carbocycles. The number of nitrogens with one attached hydrogen (secondary N) is 1. The lowest BCUT2D eigenvalue weighted by molar-refractivity contribution is -0.120. The van der Waals surface area contributed by atoms with Crippen LogP contribution in [0.5, 0.6) is 5.75 Å². The number of methoxy groups -OCH3 is 1. The van der Waals surface area contributed by atoms with Crippen LogP contribution in [0.3, 0.4) is 0 Å². The molecule has 1 N–H and O–H groups in total. The summed E-state index contributed by atoms with van der Waals surface area (Å²) >= 11 is 7.40. The standard InChI is InChI=1S/C25H22ClN3O3S/c1-16(23(30)27-15-17-9-3-5-11-19(17)26)33-25-28-20-12-6-4-10-18(20)24(31)29(25)21-13-7-8-14-22(21)32-2/h3-14,16H,15H2,1-2H3,(H,27,30). The first-order chi connectivity index (χ1) is 16.0. The van der Waals surface area contributed by atoms with Crippen molar-refractivity contribution in [1.82, 2.24) is 14.9 Å². The summed E-state index contributed by atoms with van der Waals surface area (Å²) in [6.07, 6.45) is 0. The van der Waals surface area contributed by atoms with Gasteiger partial charge in [-0.2, -0.15) is 0 Å². The van der Waals surface area contributed by atoms with Crippen LogP contribution in [0.15, 0.2) is 82.7 Å². The predicted molar refractivity (Wildman–Crippen MR) is 133 cm³/mol. The van der Waals surface area contributed by atoms with E-state index in [-0.39, 0.29) is 11.5 Å². The van der Waals surface area contributed by atoms with Gasteiger partial charge < -0.3 is 10.1 Å². The van der Waals surface area contributed by atoms with Gasteiger partial charge >= 0.3 is 0 Å². The molecule has 4 rings (SSSR count). The summed E-state index contributed by atoms with van der Waals surface area (Å²) in [5, 5.41) is 3.89. The first kappa shape index (κ1) is 22.9. The lowest BCUT2D eigenvalue weighted by Gasteiger charge is -2.18. The zero-order valence-electron chi connectivity index (χ0n) is 18.1. The van der Waals surface area contributed by atoms with Crippen LogP contribution in [0, 0.1) is 0 Å². The van der Waals surface area contributed by atoms with Crippen LogP contribution in [-0.2, 0) is 11.3 Å². The van der Waals surface area contributed by atoms with Gasteiger partial charge in [0.25, 0.3) is 5.56 Å². The SMILES string of the molecule is COc1ccccc1-n1c(SC(C)C(=O)NCc2ccccc2Cl)nc2ccccc2c1=O. The first-order valence-electron chi connectivity index (χ1n) is 10.3. The van der Waals surface area contributed by atoms with E-state index in [4.69, 9.17) is 21.3 Å². The van der Waals surface area contributed by atoms with Gasteiger partial charge in [-0.3, -0.25) is 14.2 Å². The first-order valence-corrected chi connectivity index (χ1v) is 11.6. The molecule has 6 nitrogen and oxygen atoms in total. The van der Waals surface area contributed by atoms with Gasteiger partial charge in [-0.15, -0.1) is 0 Å². The van der Waals surface area contributed by atoms with Crippen molar-refractivity contribution in [3.8, 4) is 11.4 Å². The second-order valence-electron chi connectivity index (χ2n) is 7.29. The lowest BCUT2D eigenvalue weighted by atomic mass is 10.2. The summed E-state index contributed by atoms with van der Waals surface area (Å²) < 4.78 is 6.99. The number of thioether (sulfide) groups is 1. The molecule has 1 unspecified atom stereocenters. The van der Waals surface area contributed by atoms with Crippen LogP contribution < -0.4 is 15.6 Å². The molecule has 33 heavy (non-hydrogen) atoms. The third-order valence-electron chi connectivity index (χ3n) is 5.13. The normalized spacial score (nSPS) is 11.8. The van der Waals surface area contributed by atoms with E-state index >= 15 is 0 Å². The number of nitrogens with zero attached hydrogens (tertiary/aromatic N) is 2. The van der Waals surface area contributed by atoms with Gasteiger partial charge in [-0.25, -0.2) is 4.98 Å². The van der Waals surface area contributed by atoms with Crippen molar-refractivity contribution in [2.24, 2.45) is 0 Å². The van der Waals surface area contributed by atoms with Crippen LogP contribution in [0.1, 0.15) is 12.5 Å². The highest BCUT2D eigenvalue weighted by Gasteiger charge is 2.21.